The first kappa shape index (κ1) is 22.8. The van der Waals surface area contributed by atoms with Crippen molar-refractivity contribution < 1.29 is 22.8 Å². The van der Waals surface area contributed by atoms with Crippen LogP contribution in [-0.4, -0.2) is 39.6 Å². The van der Waals surface area contributed by atoms with Gasteiger partial charge < -0.3 is 10.2 Å². The Kier molecular flexibility index (Phi) is 6.16. The summed E-state index contributed by atoms with van der Waals surface area (Å²) in [6.45, 7) is 0.0623. The minimum Gasteiger partial charge on any atom is -0.349 e. The van der Waals surface area contributed by atoms with Gasteiger partial charge >= 0.3 is 6.18 Å². The van der Waals surface area contributed by atoms with Gasteiger partial charge in [-0.25, -0.2) is 4.68 Å². The van der Waals surface area contributed by atoms with E-state index >= 15 is 0 Å². The van der Waals surface area contributed by atoms with E-state index in [0.717, 1.165) is 19.0 Å². The highest BCUT2D eigenvalue weighted by molar-refractivity contribution is 6.30. The van der Waals surface area contributed by atoms with Crippen LogP contribution in [0.2, 0.25) is 5.02 Å². The highest BCUT2D eigenvalue weighted by Crippen LogP contribution is 2.34. The van der Waals surface area contributed by atoms with Gasteiger partial charge in [0.2, 0.25) is 0 Å². The second-order valence-corrected chi connectivity index (χ2v) is 8.34. The summed E-state index contributed by atoms with van der Waals surface area (Å²) in [4.78, 5) is 26.2. The van der Waals surface area contributed by atoms with Gasteiger partial charge in [0.05, 0.1) is 17.4 Å². The predicted octanol–water partition coefficient (Wildman–Crippen LogP) is 4.71. The standard InChI is InChI=1S/C23H20ClF3N4O2/c1-30(13-14-2-4-15(5-3-14)21(32)29-17-8-9-17)22(33)19-12-28-31(20(19)23(25,26)27)18-10-6-16(24)7-11-18/h2-7,10-12,17H,8-9,13H2,1H3,(H,29,32). The molecule has 0 radical (unpaired) electrons. The summed E-state index contributed by atoms with van der Waals surface area (Å²) >= 11 is 5.82. The van der Waals surface area contributed by atoms with Gasteiger partial charge in [0.15, 0.2) is 5.69 Å². The van der Waals surface area contributed by atoms with E-state index in [0.29, 0.717) is 20.8 Å². The Morgan fingerprint density at radius 1 is 1.12 bits per heavy atom. The molecule has 0 atom stereocenters. The normalized spacial score (nSPS) is 13.6. The number of nitrogens with one attached hydrogen (secondary N) is 1. The first-order valence-electron chi connectivity index (χ1n) is 10.2. The number of benzene rings is 2. The first-order valence-corrected chi connectivity index (χ1v) is 10.6. The molecule has 1 N–H and O–H groups in total. The van der Waals surface area contributed by atoms with Crippen molar-refractivity contribution in [1.29, 1.82) is 0 Å². The minimum atomic E-state index is -4.81. The minimum absolute atomic E-state index is 0.0623. The van der Waals surface area contributed by atoms with E-state index in [1.165, 1.54) is 36.2 Å². The SMILES string of the molecule is CN(Cc1ccc(C(=O)NC2CC2)cc1)C(=O)c1cnn(-c2ccc(Cl)cc2)c1C(F)(F)F. The van der Waals surface area contributed by atoms with Crippen molar-refractivity contribution in [2.75, 3.05) is 7.05 Å². The Balaban J connectivity index is 1.53. The van der Waals surface area contributed by atoms with Gasteiger partial charge in [-0.3, -0.25) is 9.59 Å². The molecule has 172 valence electrons. The average Bonchev–Trinajstić information content (AvgIpc) is 3.46. The number of alkyl halides is 3. The summed E-state index contributed by atoms with van der Waals surface area (Å²) in [5, 5.41) is 7.06. The number of carbonyl (C=O) groups is 2. The summed E-state index contributed by atoms with van der Waals surface area (Å²) in [5.74, 6) is -0.990. The van der Waals surface area contributed by atoms with Crippen LogP contribution in [0, 0.1) is 0 Å². The number of aromatic nitrogens is 2. The maximum absolute atomic E-state index is 13.9. The van der Waals surface area contributed by atoms with Crippen LogP contribution in [0.15, 0.2) is 54.7 Å². The van der Waals surface area contributed by atoms with Crippen LogP contribution >= 0.6 is 11.6 Å². The number of hydrogen-bond donors (Lipinski definition) is 1. The highest BCUT2D eigenvalue weighted by atomic mass is 35.5. The highest BCUT2D eigenvalue weighted by Gasteiger charge is 2.41. The number of halogens is 4. The smallest absolute Gasteiger partial charge is 0.349 e. The molecule has 3 aromatic rings. The molecule has 1 aromatic heterocycles. The monoisotopic (exact) mass is 476 g/mol. The van der Waals surface area contributed by atoms with Crippen molar-refractivity contribution in [2.45, 2.75) is 31.6 Å². The van der Waals surface area contributed by atoms with Gasteiger partial charge in [0.1, 0.15) is 0 Å². The predicted molar refractivity (Wildman–Crippen MR) is 116 cm³/mol. The molecule has 1 aliphatic carbocycles. The summed E-state index contributed by atoms with van der Waals surface area (Å²) in [7, 11) is 1.41. The molecule has 2 amide bonds. The molecule has 1 saturated carbocycles. The Morgan fingerprint density at radius 3 is 2.33 bits per heavy atom. The Morgan fingerprint density at radius 2 is 1.76 bits per heavy atom. The molecular weight excluding hydrogens is 457 g/mol. The molecule has 0 aliphatic heterocycles. The number of rotatable bonds is 6. The summed E-state index contributed by atoms with van der Waals surface area (Å²) < 4.78 is 42.3. The molecule has 1 aliphatic rings. The Labute approximate surface area is 192 Å². The van der Waals surface area contributed by atoms with Crippen LogP contribution in [0.4, 0.5) is 13.2 Å². The average molecular weight is 477 g/mol. The number of amides is 2. The lowest BCUT2D eigenvalue weighted by Crippen LogP contribution is -2.29. The first-order chi connectivity index (χ1) is 15.6. The molecule has 0 spiro atoms. The third-order valence-corrected chi connectivity index (χ3v) is 5.49. The van der Waals surface area contributed by atoms with Crippen molar-refractivity contribution in [3.8, 4) is 5.69 Å². The number of carbonyl (C=O) groups excluding carboxylic acids is 2. The van der Waals surface area contributed by atoms with Crippen molar-refractivity contribution in [1.82, 2.24) is 20.0 Å². The van der Waals surface area contributed by atoms with Crippen LogP contribution in [0.5, 0.6) is 0 Å². The Bertz CT molecular complexity index is 1170. The van der Waals surface area contributed by atoms with E-state index in [1.807, 2.05) is 0 Å². The summed E-state index contributed by atoms with van der Waals surface area (Å²) in [6.07, 6.45) is -1.93. The van der Waals surface area contributed by atoms with E-state index in [4.69, 9.17) is 11.6 Å². The van der Waals surface area contributed by atoms with Gasteiger partial charge in [0.25, 0.3) is 11.8 Å². The van der Waals surface area contributed by atoms with Crippen molar-refractivity contribution in [3.05, 3.63) is 82.1 Å². The second-order valence-electron chi connectivity index (χ2n) is 7.90. The summed E-state index contributed by atoms with van der Waals surface area (Å²) in [5.41, 5.74) is -0.418. The lowest BCUT2D eigenvalue weighted by molar-refractivity contribution is -0.143. The lowest BCUT2D eigenvalue weighted by Gasteiger charge is -2.19. The second kappa shape index (κ2) is 8.90. The molecule has 4 rings (SSSR count). The third kappa shape index (κ3) is 5.19. The largest absolute Gasteiger partial charge is 0.434 e. The van der Waals surface area contributed by atoms with E-state index in [2.05, 4.69) is 10.4 Å². The van der Waals surface area contributed by atoms with Crippen LogP contribution < -0.4 is 5.32 Å². The zero-order valence-corrected chi connectivity index (χ0v) is 18.3. The van der Waals surface area contributed by atoms with Gasteiger partial charge in [-0.15, -0.1) is 0 Å². The van der Waals surface area contributed by atoms with E-state index in [1.54, 1.807) is 24.3 Å². The third-order valence-electron chi connectivity index (χ3n) is 5.23. The molecule has 6 nitrogen and oxygen atoms in total. The van der Waals surface area contributed by atoms with Gasteiger partial charge in [-0.2, -0.15) is 18.3 Å². The zero-order valence-electron chi connectivity index (χ0n) is 17.6. The van der Waals surface area contributed by atoms with Gasteiger partial charge in [-0.05, 0) is 54.8 Å². The van der Waals surface area contributed by atoms with Crippen molar-refractivity contribution >= 4 is 23.4 Å². The van der Waals surface area contributed by atoms with E-state index in [9.17, 15) is 22.8 Å². The van der Waals surface area contributed by atoms with Gasteiger partial charge in [-0.1, -0.05) is 23.7 Å². The van der Waals surface area contributed by atoms with Crippen LogP contribution in [0.1, 0.15) is 44.8 Å². The molecule has 1 heterocycles. The molecule has 0 saturated heterocycles. The van der Waals surface area contributed by atoms with E-state index in [-0.39, 0.29) is 24.2 Å². The molecule has 0 bridgehead atoms. The Hall–Kier alpha value is -3.33. The fourth-order valence-electron chi connectivity index (χ4n) is 3.37. The van der Waals surface area contributed by atoms with Crippen LogP contribution in [-0.2, 0) is 12.7 Å². The number of nitrogens with zero attached hydrogens (tertiary/aromatic N) is 3. The fourth-order valence-corrected chi connectivity index (χ4v) is 3.49. The molecule has 2 aromatic carbocycles. The quantitative estimate of drug-likeness (QED) is 0.560. The van der Waals surface area contributed by atoms with Crippen LogP contribution in [0.25, 0.3) is 5.69 Å². The maximum atomic E-state index is 13.9. The van der Waals surface area contributed by atoms with Crippen molar-refractivity contribution in [2.24, 2.45) is 0 Å². The lowest BCUT2D eigenvalue weighted by atomic mass is 10.1. The van der Waals surface area contributed by atoms with Crippen LogP contribution in [0.3, 0.4) is 0 Å². The number of hydrogen-bond acceptors (Lipinski definition) is 3. The summed E-state index contributed by atoms with van der Waals surface area (Å²) in [6, 6.07) is 12.5. The van der Waals surface area contributed by atoms with Gasteiger partial charge in [0, 0.05) is 30.2 Å². The molecule has 33 heavy (non-hydrogen) atoms. The molecule has 10 heteroatoms. The molecule has 1 fully saturated rings. The van der Waals surface area contributed by atoms with E-state index < -0.39 is 23.3 Å². The molecular formula is C23H20ClF3N4O2. The molecule has 0 unspecified atom stereocenters. The topological polar surface area (TPSA) is 67.2 Å². The fraction of sp³-hybridized carbons (Fsp3) is 0.261. The van der Waals surface area contributed by atoms with Crippen molar-refractivity contribution in [3.63, 3.8) is 0 Å². The maximum Gasteiger partial charge on any atom is 0.434 e. The zero-order chi connectivity index (χ0) is 23.8.